The molecule has 0 saturated heterocycles. The molecule has 0 spiro atoms. The summed E-state index contributed by atoms with van der Waals surface area (Å²) in [5.74, 6) is 0.623. The van der Waals surface area contributed by atoms with Crippen molar-refractivity contribution in [2.75, 3.05) is 19.0 Å². The van der Waals surface area contributed by atoms with Gasteiger partial charge in [-0.05, 0) is 54.7 Å². The average Bonchev–Trinajstić information content (AvgIpc) is 2.79. The number of methoxy groups -OCH3 is 1. The van der Waals surface area contributed by atoms with Gasteiger partial charge in [-0.25, -0.2) is 9.79 Å². The Balaban J connectivity index is 1.55. The number of guanidine groups is 1. The molecule has 2 aromatic carbocycles. The summed E-state index contributed by atoms with van der Waals surface area (Å²) in [6, 6.07) is 16.5. The summed E-state index contributed by atoms with van der Waals surface area (Å²) in [7, 11) is 1.40. The van der Waals surface area contributed by atoms with Crippen LogP contribution in [0.4, 0.5) is 5.69 Å². The molecule has 1 saturated carbocycles. The number of carbonyl (C=O) groups is 1. The van der Waals surface area contributed by atoms with E-state index in [2.05, 4.69) is 34.5 Å². The Hall–Kier alpha value is -2.82. The van der Waals surface area contributed by atoms with Gasteiger partial charge in [-0.15, -0.1) is 0 Å². The van der Waals surface area contributed by atoms with E-state index in [9.17, 15) is 4.79 Å². The van der Waals surface area contributed by atoms with Crippen molar-refractivity contribution in [1.29, 1.82) is 0 Å². The molecule has 0 radical (unpaired) electrons. The molecule has 1 N–H and O–H groups in total. The largest absolute Gasteiger partial charge is 0.465 e. The number of esters is 1. The first-order valence-corrected chi connectivity index (χ1v) is 10.6. The lowest BCUT2D eigenvalue weighted by atomic mass is 9.96. The Morgan fingerprint density at radius 1 is 1.03 bits per heavy atom. The third-order valence-electron chi connectivity index (χ3n) is 5.87. The second-order valence-electron chi connectivity index (χ2n) is 7.88. The van der Waals surface area contributed by atoms with E-state index < -0.39 is 0 Å². The summed E-state index contributed by atoms with van der Waals surface area (Å²) in [6.07, 6.45) is 7.20. The van der Waals surface area contributed by atoms with Gasteiger partial charge >= 0.3 is 5.97 Å². The number of nitrogens with zero attached hydrogens (tertiary/aromatic N) is 2. The van der Waals surface area contributed by atoms with Crippen LogP contribution in [0.15, 0.2) is 53.5 Å². The number of hydrogen-bond donors (Lipinski definition) is 1. The molecule has 29 heavy (non-hydrogen) atoms. The molecule has 5 nitrogen and oxygen atoms in total. The van der Waals surface area contributed by atoms with Crippen molar-refractivity contribution in [1.82, 2.24) is 4.90 Å². The second kappa shape index (κ2) is 9.12. The molecule has 5 heteroatoms. The van der Waals surface area contributed by atoms with Crippen LogP contribution in [0.3, 0.4) is 0 Å². The smallest absolute Gasteiger partial charge is 0.337 e. The Morgan fingerprint density at radius 3 is 2.48 bits per heavy atom. The zero-order valence-corrected chi connectivity index (χ0v) is 17.1. The molecule has 0 bridgehead atoms. The monoisotopic (exact) mass is 391 g/mol. The quantitative estimate of drug-likeness (QED) is 0.471. The van der Waals surface area contributed by atoms with E-state index in [4.69, 9.17) is 9.73 Å². The summed E-state index contributed by atoms with van der Waals surface area (Å²) in [5, 5.41) is 3.53. The Kier molecular flexibility index (Phi) is 6.13. The molecular formula is C24H29N3O2. The van der Waals surface area contributed by atoms with E-state index in [0.29, 0.717) is 11.6 Å². The molecule has 2 aliphatic rings. The fourth-order valence-electron chi connectivity index (χ4n) is 4.19. The fraction of sp³-hybridized carbons (Fsp3) is 0.417. The molecule has 1 aliphatic carbocycles. The first-order valence-electron chi connectivity index (χ1n) is 10.6. The molecule has 1 heterocycles. The van der Waals surface area contributed by atoms with E-state index in [0.717, 1.165) is 44.0 Å². The predicted octanol–water partition coefficient (Wildman–Crippen LogP) is 4.63. The van der Waals surface area contributed by atoms with Gasteiger partial charge in [0.1, 0.15) is 0 Å². The van der Waals surface area contributed by atoms with Crippen LogP contribution in [-0.2, 0) is 17.7 Å². The lowest BCUT2D eigenvalue weighted by Gasteiger charge is -2.33. The maximum Gasteiger partial charge on any atom is 0.337 e. The van der Waals surface area contributed by atoms with Crippen molar-refractivity contribution in [3.63, 3.8) is 0 Å². The standard InChI is InChI=1S/C24H29N3O2/c1-29-23(28)19-11-13-22(14-12-19)26-24(25-21-9-3-2-4-10-21)27-16-15-18-7-5-6-8-20(18)17-27/h5-8,11-14,21H,2-4,9-10,15-17H2,1H3,(H,25,26). The van der Waals surface area contributed by atoms with Crippen molar-refractivity contribution >= 4 is 17.6 Å². The van der Waals surface area contributed by atoms with Gasteiger partial charge in [0.05, 0.1) is 18.7 Å². The van der Waals surface area contributed by atoms with Gasteiger partial charge in [-0.1, -0.05) is 43.5 Å². The summed E-state index contributed by atoms with van der Waals surface area (Å²) in [5.41, 5.74) is 4.29. The Bertz CT molecular complexity index is 870. The maximum absolute atomic E-state index is 11.7. The fourth-order valence-corrected chi connectivity index (χ4v) is 4.19. The van der Waals surface area contributed by atoms with Crippen LogP contribution in [0.1, 0.15) is 53.6 Å². The highest BCUT2D eigenvalue weighted by Gasteiger charge is 2.21. The number of rotatable bonds is 3. The van der Waals surface area contributed by atoms with Gasteiger partial charge in [-0.2, -0.15) is 0 Å². The van der Waals surface area contributed by atoms with Crippen molar-refractivity contribution in [3.05, 3.63) is 65.2 Å². The van der Waals surface area contributed by atoms with E-state index in [1.165, 1.54) is 37.5 Å². The molecule has 0 amide bonds. The molecule has 4 rings (SSSR count). The number of benzene rings is 2. The van der Waals surface area contributed by atoms with Crippen LogP contribution in [0.2, 0.25) is 0 Å². The van der Waals surface area contributed by atoms with Crippen LogP contribution in [-0.4, -0.2) is 36.5 Å². The van der Waals surface area contributed by atoms with Crippen molar-refractivity contribution in [2.24, 2.45) is 4.99 Å². The number of fused-ring (bicyclic) bond motifs is 1. The first-order chi connectivity index (χ1) is 14.2. The highest BCUT2D eigenvalue weighted by atomic mass is 16.5. The van der Waals surface area contributed by atoms with Gasteiger partial charge in [-0.3, -0.25) is 0 Å². The highest BCUT2D eigenvalue weighted by Crippen LogP contribution is 2.24. The second-order valence-corrected chi connectivity index (χ2v) is 7.88. The van der Waals surface area contributed by atoms with Crippen LogP contribution < -0.4 is 5.32 Å². The van der Waals surface area contributed by atoms with Crippen molar-refractivity contribution in [3.8, 4) is 0 Å². The third kappa shape index (κ3) is 4.78. The van der Waals surface area contributed by atoms with E-state index in [1.807, 2.05) is 12.1 Å². The summed E-state index contributed by atoms with van der Waals surface area (Å²) in [4.78, 5) is 19.2. The zero-order chi connectivity index (χ0) is 20.1. The molecule has 1 aliphatic heterocycles. The Morgan fingerprint density at radius 2 is 1.76 bits per heavy atom. The summed E-state index contributed by atoms with van der Waals surface area (Å²) in [6.45, 7) is 1.82. The summed E-state index contributed by atoms with van der Waals surface area (Å²) < 4.78 is 4.79. The average molecular weight is 392 g/mol. The SMILES string of the molecule is COC(=O)c1ccc(NC(=NC2CCCCC2)N2CCc3ccccc3C2)cc1. The third-order valence-corrected chi connectivity index (χ3v) is 5.87. The minimum Gasteiger partial charge on any atom is -0.465 e. The molecule has 0 aromatic heterocycles. The van der Waals surface area contributed by atoms with Gasteiger partial charge < -0.3 is 15.0 Å². The van der Waals surface area contributed by atoms with Gasteiger partial charge in [0.15, 0.2) is 5.96 Å². The lowest BCUT2D eigenvalue weighted by molar-refractivity contribution is 0.0601. The van der Waals surface area contributed by atoms with Gasteiger partial charge in [0.2, 0.25) is 0 Å². The van der Waals surface area contributed by atoms with Crippen LogP contribution in [0.5, 0.6) is 0 Å². The minimum atomic E-state index is -0.319. The molecule has 0 atom stereocenters. The van der Waals surface area contributed by atoms with Crippen molar-refractivity contribution < 1.29 is 9.53 Å². The number of nitrogens with one attached hydrogen (secondary N) is 1. The zero-order valence-electron chi connectivity index (χ0n) is 17.1. The molecular weight excluding hydrogens is 362 g/mol. The molecule has 2 aromatic rings. The first kappa shape index (κ1) is 19.5. The van der Waals surface area contributed by atoms with Crippen LogP contribution >= 0.6 is 0 Å². The Labute approximate surface area is 172 Å². The lowest BCUT2D eigenvalue weighted by Crippen LogP contribution is -2.41. The number of anilines is 1. The maximum atomic E-state index is 11.7. The molecule has 0 unspecified atom stereocenters. The number of hydrogen-bond acceptors (Lipinski definition) is 3. The van der Waals surface area contributed by atoms with Gasteiger partial charge in [0, 0.05) is 18.8 Å². The predicted molar refractivity (Wildman–Crippen MR) is 116 cm³/mol. The van der Waals surface area contributed by atoms with Crippen LogP contribution in [0, 0.1) is 0 Å². The van der Waals surface area contributed by atoms with E-state index >= 15 is 0 Å². The normalized spacial score (nSPS) is 17.6. The van der Waals surface area contributed by atoms with Crippen molar-refractivity contribution in [2.45, 2.75) is 51.1 Å². The minimum absolute atomic E-state index is 0.319. The molecule has 1 fully saturated rings. The van der Waals surface area contributed by atoms with Crippen LogP contribution in [0.25, 0.3) is 0 Å². The number of aliphatic imine (C=N–C) groups is 1. The molecule has 152 valence electrons. The van der Waals surface area contributed by atoms with Gasteiger partial charge in [0.25, 0.3) is 0 Å². The highest BCUT2D eigenvalue weighted by molar-refractivity contribution is 5.95. The topological polar surface area (TPSA) is 53.9 Å². The van der Waals surface area contributed by atoms with E-state index in [1.54, 1.807) is 12.1 Å². The van der Waals surface area contributed by atoms with E-state index in [-0.39, 0.29) is 5.97 Å². The number of carbonyl (C=O) groups excluding carboxylic acids is 1. The summed E-state index contributed by atoms with van der Waals surface area (Å²) >= 11 is 0. The number of ether oxygens (including phenoxy) is 1.